The number of nitrogens with one attached hydrogen (secondary N) is 1. The largest absolute Gasteiger partial charge is 0.496 e. The average Bonchev–Trinajstić information content (AvgIpc) is 2.71. The lowest BCUT2D eigenvalue weighted by Crippen LogP contribution is -2.31. The van der Waals surface area contributed by atoms with Gasteiger partial charge in [-0.1, -0.05) is 12.1 Å². The number of methoxy groups -OCH3 is 1. The van der Waals surface area contributed by atoms with E-state index in [2.05, 4.69) is 10.3 Å². The smallest absolute Gasteiger partial charge is 0.335 e. The first-order valence-corrected chi connectivity index (χ1v) is 10.5. The first-order valence-electron chi connectivity index (χ1n) is 10.5. The molecule has 0 spiro atoms. The second kappa shape index (κ2) is 11.5. The molecule has 1 N–H and O–H groups in total. The third-order valence-corrected chi connectivity index (χ3v) is 4.66. The molecule has 1 atom stereocenters. The molecule has 1 amide bonds. The van der Waals surface area contributed by atoms with E-state index in [1.165, 1.54) is 0 Å². The monoisotopic (exact) mass is 428 g/mol. The Hall–Kier alpha value is -2.93. The molecule has 31 heavy (non-hydrogen) atoms. The Balaban J connectivity index is 2.17. The second-order valence-electron chi connectivity index (χ2n) is 7.54. The number of benzene rings is 1. The van der Waals surface area contributed by atoms with Crippen LogP contribution in [0.1, 0.15) is 53.6 Å². The topological polar surface area (TPSA) is 86.8 Å². The summed E-state index contributed by atoms with van der Waals surface area (Å²) in [6.07, 6.45) is -0.446. The van der Waals surface area contributed by atoms with E-state index in [4.69, 9.17) is 14.2 Å². The van der Waals surface area contributed by atoms with Crippen LogP contribution < -0.4 is 10.1 Å². The van der Waals surface area contributed by atoms with Gasteiger partial charge >= 0.3 is 5.97 Å². The minimum absolute atomic E-state index is 0.113. The van der Waals surface area contributed by atoms with Crippen LogP contribution in [0.15, 0.2) is 30.3 Å². The number of hydrogen-bond donors (Lipinski definition) is 1. The maximum absolute atomic E-state index is 12.6. The highest BCUT2D eigenvalue weighted by atomic mass is 16.6. The Kier molecular flexibility index (Phi) is 9.00. The summed E-state index contributed by atoms with van der Waals surface area (Å²) < 4.78 is 16.4. The number of esters is 1. The van der Waals surface area contributed by atoms with Crippen LogP contribution in [0.25, 0.3) is 0 Å². The number of aromatic nitrogens is 1. The van der Waals surface area contributed by atoms with Crippen LogP contribution >= 0.6 is 0 Å². The zero-order valence-electron chi connectivity index (χ0n) is 19.2. The Morgan fingerprint density at radius 2 is 1.87 bits per heavy atom. The van der Waals surface area contributed by atoms with Crippen LogP contribution in [0.2, 0.25) is 0 Å². The van der Waals surface area contributed by atoms with Crippen LogP contribution in [0.5, 0.6) is 5.75 Å². The van der Waals surface area contributed by atoms with Crippen LogP contribution in [-0.4, -0.2) is 42.8 Å². The van der Waals surface area contributed by atoms with Gasteiger partial charge in [0.15, 0.2) is 6.10 Å². The van der Waals surface area contributed by atoms with Crippen molar-refractivity contribution in [3.63, 3.8) is 0 Å². The van der Waals surface area contributed by atoms with E-state index >= 15 is 0 Å². The molecule has 1 aromatic carbocycles. The summed E-state index contributed by atoms with van der Waals surface area (Å²) in [6, 6.07) is 9.21. The van der Waals surface area contributed by atoms with E-state index in [1.807, 2.05) is 52.0 Å². The van der Waals surface area contributed by atoms with Crippen LogP contribution in [0.3, 0.4) is 0 Å². The summed E-state index contributed by atoms with van der Waals surface area (Å²) in [5.74, 6) is 0.0643. The molecule has 0 saturated heterocycles. The fourth-order valence-electron chi connectivity index (χ4n) is 3.26. The van der Waals surface area contributed by atoms with Crippen molar-refractivity contribution in [1.29, 1.82) is 0 Å². The van der Waals surface area contributed by atoms with Gasteiger partial charge in [0, 0.05) is 24.2 Å². The van der Waals surface area contributed by atoms with Gasteiger partial charge in [-0.2, -0.15) is 0 Å². The molecule has 0 saturated carbocycles. The van der Waals surface area contributed by atoms with Gasteiger partial charge in [0.05, 0.1) is 31.1 Å². The van der Waals surface area contributed by atoms with Gasteiger partial charge in [-0.15, -0.1) is 0 Å². The molecule has 0 aliphatic heterocycles. The lowest BCUT2D eigenvalue weighted by Gasteiger charge is -2.20. The van der Waals surface area contributed by atoms with Gasteiger partial charge in [-0.25, -0.2) is 4.79 Å². The molecule has 1 unspecified atom stereocenters. The van der Waals surface area contributed by atoms with E-state index in [0.717, 1.165) is 16.8 Å². The molecular formula is C24H32N2O5. The van der Waals surface area contributed by atoms with Crippen molar-refractivity contribution in [3.05, 3.63) is 58.4 Å². The van der Waals surface area contributed by atoms with Crippen molar-refractivity contribution in [2.24, 2.45) is 0 Å². The summed E-state index contributed by atoms with van der Waals surface area (Å²) in [6.45, 7) is 9.79. The second-order valence-corrected chi connectivity index (χ2v) is 7.54. The third-order valence-electron chi connectivity index (χ3n) is 4.66. The molecule has 0 aliphatic carbocycles. The van der Waals surface area contributed by atoms with Crippen LogP contribution in [0.4, 0.5) is 0 Å². The standard InChI is InChI=1S/C24H32N2O5/c1-7-30-24(28)22(31-15(2)3)13-18-9-11-21(29-6)19(12-18)14-25-23(27)20-10-8-16(4)26-17(20)5/h8-12,15,22H,7,13-14H2,1-6H3,(H,25,27). The van der Waals surface area contributed by atoms with Crippen molar-refractivity contribution in [3.8, 4) is 5.75 Å². The van der Waals surface area contributed by atoms with Crippen LogP contribution in [-0.2, 0) is 27.2 Å². The zero-order valence-corrected chi connectivity index (χ0v) is 19.2. The van der Waals surface area contributed by atoms with Gasteiger partial charge in [0.25, 0.3) is 5.91 Å². The summed E-state index contributed by atoms with van der Waals surface area (Å²) in [5.41, 5.74) is 3.77. The number of carbonyl (C=O) groups is 2. The molecule has 2 aromatic rings. The van der Waals surface area contributed by atoms with Crippen molar-refractivity contribution < 1.29 is 23.8 Å². The SMILES string of the molecule is CCOC(=O)C(Cc1ccc(OC)c(CNC(=O)c2ccc(C)nc2C)c1)OC(C)C. The number of nitrogens with zero attached hydrogens (tertiary/aromatic N) is 1. The number of amides is 1. The van der Waals surface area contributed by atoms with Crippen molar-refractivity contribution in [2.45, 2.75) is 59.8 Å². The van der Waals surface area contributed by atoms with Crippen molar-refractivity contribution >= 4 is 11.9 Å². The summed E-state index contributed by atoms with van der Waals surface area (Å²) in [7, 11) is 1.58. The van der Waals surface area contributed by atoms with Crippen molar-refractivity contribution in [2.75, 3.05) is 13.7 Å². The molecule has 168 valence electrons. The van der Waals surface area contributed by atoms with Crippen molar-refractivity contribution in [1.82, 2.24) is 10.3 Å². The number of hydrogen-bond acceptors (Lipinski definition) is 6. The van der Waals surface area contributed by atoms with Gasteiger partial charge in [-0.3, -0.25) is 9.78 Å². The highest BCUT2D eigenvalue weighted by Gasteiger charge is 2.23. The van der Waals surface area contributed by atoms with E-state index in [-0.39, 0.29) is 24.5 Å². The normalized spacial score (nSPS) is 11.8. The number of rotatable bonds is 10. The molecular weight excluding hydrogens is 396 g/mol. The minimum Gasteiger partial charge on any atom is -0.496 e. The van der Waals surface area contributed by atoms with Gasteiger partial charge in [0.1, 0.15) is 5.75 Å². The van der Waals surface area contributed by atoms with Gasteiger partial charge in [-0.05, 0) is 58.4 Å². The first kappa shape index (κ1) is 24.3. The maximum Gasteiger partial charge on any atom is 0.335 e. The van der Waals surface area contributed by atoms with Gasteiger partial charge < -0.3 is 19.5 Å². The Labute approximate surface area is 184 Å². The van der Waals surface area contributed by atoms with E-state index in [9.17, 15) is 9.59 Å². The fourth-order valence-corrected chi connectivity index (χ4v) is 3.26. The predicted molar refractivity (Wildman–Crippen MR) is 118 cm³/mol. The quantitative estimate of drug-likeness (QED) is 0.583. The summed E-state index contributed by atoms with van der Waals surface area (Å²) >= 11 is 0. The molecule has 0 fully saturated rings. The van der Waals surface area contributed by atoms with Gasteiger partial charge in [0.2, 0.25) is 0 Å². The fraction of sp³-hybridized carbons (Fsp3) is 0.458. The number of carbonyl (C=O) groups excluding carboxylic acids is 2. The van der Waals surface area contributed by atoms with E-state index in [1.54, 1.807) is 20.1 Å². The molecule has 7 nitrogen and oxygen atoms in total. The Bertz CT molecular complexity index is 911. The Morgan fingerprint density at radius 3 is 2.48 bits per heavy atom. The maximum atomic E-state index is 12.6. The lowest BCUT2D eigenvalue weighted by molar-refractivity contribution is -0.159. The number of ether oxygens (including phenoxy) is 3. The third kappa shape index (κ3) is 7.07. The molecule has 0 aliphatic rings. The molecule has 0 bridgehead atoms. The number of aryl methyl sites for hydroxylation is 2. The summed E-state index contributed by atoms with van der Waals surface area (Å²) in [4.78, 5) is 29.2. The molecule has 2 rings (SSSR count). The molecule has 1 heterocycles. The minimum atomic E-state index is -0.697. The number of pyridine rings is 1. The molecule has 7 heteroatoms. The highest BCUT2D eigenvalue weighted by Crippen LogP contribution is 2.22. The zero-order chi connectivity index (χ0) is 23.0. The lowest BCUT2D eigenvalue weighted by atomic mass is 10.0. The average molecular weight is 429 g/mol. The summed E-state index contributed by atoms with van der Waals surface area (Å²) in [5, 5.41) is 2.92. The highest BCUT2D eigenvalue weighted by molar-refractivity contribution is 5.95. The van der Waals surface area contributed by atoms with E-state index in [0.29, 0.717) is 30.0 Å². The first-order chi connectivity index (χ1) is 14.7. The predicted octanol–water partition coefficient (Wildman–Crippen LogP) is 3.54. The molecule has 1 aromatic heterocycles. The molecule has 0 radical (unpaired) electrons. The van der Waals surface area contributed by atoms with Crippen LogP contribution in [0, 0.1) is 13.8 Å². The van der Waals surface area contributed by atoms with E-state index < -0.39 is 6.10 Å². The Morgan fingerprint density at radius 1 is 1.13 bits per heavy atom.